The van der Waals surface area contributed by atoms with Gasteiger partial charge >= 0.3 is 5.97 Å². The second kappa shape index (κ2) is 8.53. The van der Waals surface area contributed by atoms with Crippen molar-refractivity contribution in [2.45, 2.75) is 45.1 Å². The zero-order chi connectivity index (χ0) is 19.3. The van der Waals surface area contributed by atoms with E-state index in [-0.39, 0.29) is 11.5 Å². The molecule has 0 aromatic heterocycles. The zero-order valence-corrected chi connectivity index (χ0v) is 16.7. The molecule has 0 atom stereocenters. The van der Waals surface area contributed by atoms with Crippen LogP contribution in [0, 0.1) is 6.92 Å². The van der Waals surface area contributed by atoms with E-state index in [0.29, 0.717) is 17.3 Å². The fraction of sp³-hybridized carbons (Fsp3) is 0.364. The molecular formula is C22H26N2O2S. The van der Waals surface area contributed by atoms with Crippen molar-refractivity contribution in [3.05, 3.63) is 65.2 Å². The molecule has 5 heteroatoms. The molecule has 0 bridgehead atoms. The maximum Gasteiger partial charge on any atom is 0.338 e. The van der Waals surface area contributed by atoms with E-state index in [1.54, 1.807) is 19.1 Å². The van der Waals surface area contributed by atoms with Crippen molar-refractivity contribution in [2.75, 3.05) is 11.9 Å². The number of esters is 1. The summed E-state index contributed by atoms with van der Waals surface area (Å²) < 4.78 is 5.06. The Morgan fingerprint density at radius 1 is 1.15 bits per heavy atom. The monoisotopic (exact) mass is 382 g/mol. The number of ether oxygens (including phenoxy) is 1. The normalized spacial score (nSPS) is 15.2. The summed E-state index contributed by atoms with van der Waals surface area (Å²) in [6.07, 6.45) is 4.48. The molecule has 142 valence electrons. The van der Waals surface area contributed by atoms with Crippen molar-refractivity contribution >= 4 is 29.0 Å². The molecule has 1 fully saturated rings. The highest BCUT2D eigenvalue weighted by Gasteiger charge is 2.36. The van der Waals surface area contributed by atoms with Gasteiger partial charge in [0.1, 0.15) is 0 Å². The van der Waals surface area contributed by atoms with Gasteiger partial charge in [0.25, 0.3) is 0 Å². The minimum absolute atomic E-state index is 0.128. The minimum Gasteiger partial charge on any atom is -0.462 e. The number of thiocarbonyl (C=S) groups is 1. The van der Waals surface area contributed by atoms with Crippen LogP contribution in [-0.4, -0.2) is 17.7 Å². The molecule has 3 rings (SSSR count). The predicted molar refractivity (Wildman–Crippen MR) is 113 cm³/mol. The number of benzene rings is 2. The van der Waals surface area contributed by atoms with E-state index in [1.165, 1.54) is 24.0 Å². The van der Waals surface area contributed by atoms with Crippen LogP contribution in [0.15, 0.2) is 48.5 Å². The fourth-order valence-corrected chi connectivity index (χ4v) is 3.97. The summed E-state index contributed by atoms with van der Waals surface area (Å²) in [5, 5.41) is 7.35. The number of anilines is 1. The Kier molecular flexibility index (Phi) is 6.11. The van der Waals surface area contributed by atoms with Crippen molar-refractivity contribution in [2.24, 2.45) is 0 Å². The molecule has 0 radical (unpaired) electrons. The van der Waals surface area contributed by atoms with Gasteiger partial charge in [0.15, 0.2) is 5.11 Å². The lowest BCUT2D eigenvalue weighted by molar-refractivity contribution is 0.0526. The Bertz CT molecular complexity index is 811. The van der Waals surface area contributed by atoms with Gasteiger partial charge in [-0.1, -0.05) is 48.7 Å². The van der Waals surface area contributed by atoms with E-state index >= 15 is 0 Å². The Hall–Kier alpha value is -2.40. The molecule has 2 aromatic carbocycles. The summed E-state index contributed by atoms with van der Waals surface area (Å²) in [7, 11) is 0. The molecule has 2 aromatic rings. The van der Waals surface area contributed by atoms with Gasteiger partial charge < -0.3 is 15.4 Å². The van der Waals surface area contributed by atoms with Crippen LogP contribution in [0.4, 0.5) is 5.69 Å². The maximum atomic E-state index is 11.9. The van der Waals surface area contributed by atoms with Gasteiger partial charge in [-0.15, -0.1) is 0 Å². The van der Waals surface area contributed by atoms with Crippen molar-refractivity contribution in [3.63, 3.8) is 0 Å². The standard InChI is InChI=1S/C22H26N2O2S/c1-3-26-20(25)17-7-6-8-19(15-17)23-21(27)24-22(13-4-5-14-22)18-11-9-16(2)10-12-18/h6-12,15H,3-5,13-14H2,1-2H3,(H2,23,24,27). The molecule has 0 spiro atoms. The van der Waals surface area contributed by atoms with Crippen molar-refractivity contribution in [3.8, 4) is 0 Å². The first kappa shape index (κ1) is 19.4. The third-order valence-electron chi connectivity index (χ3n) is 5.05. The Balaban J connectivity index is 1.73. The Labute approximate surface area is 166 Å². The summed E-state index contributed by atoms with van der Waals surface area (Å²) in [5.74, 6) is -0.327. The van der Waals surface area contributed by atoms with Gasteiger partial charge in [-0.2, -0.15) is 0 Å². The lowest BCUT2D eigenvalue weighted by Crippen LogP contribution is -2.45. The number of carbonyl (C=O) groups excluding carboxylic acids is 1. The van der Waals surface area contributed by atoms with Crippen LogP contribution in [0.3, 0.4) is 0 Å². The molecule has 27 heavy (non-hydrogen) atoms. The average Bonchev–Trinajstić information content (AvgIpc) is 3.12. The number of aryl methyl sites for hydroxylation is 1. The summed E-state index contributed by atoms with van der Waals surface area (Å²) in [6.45, 7) is 4.25. The first-order valence-electron chi connectivity index (χ1n) is 9.46. The zero-order valence-electron chi connectivity index (χ0n) is 15.9. The Morgan fingerprint density at radius 2 is 1.85 bits per heavy atom. The van der Waals surface area contributed by atoms with Crippen LogP contribution in [0.2, 0.25) is 0 Å². The van der Waals surface area contributed by atoms with Crippen molar-refractivity contribution in [1.82, 2.24) is 5.32 Å². The predicted octanol–water partition coefficient (Wildman–Crippen LogP) is 4.93. The highest BCUT2D eigenvalue weighted by Crippen LogP contribution is 2.38. The largest absolute Gasteiger partial charge is 0.462 e. The molecule has 0 amide bonds. The molecule has 0 heterocycles. The first-order chi connectivity index (χ1) is 13.0. The molecule has 0 saturated heterocycles. The number of rotatable bonds is 5. The third-order valence-corrected chi connectivity index (χ3v) is 5.25. The summed E-state index contributed by atoms with van der Waals surface area (Å²) in [5.41, 5.74) is 3.68. The molecular weight excluding hydrogens is 356 g/mol. The lowest BCUT2D eigenvalue weighted by atomic mass is 9.88. The summed E-state index contributed by atoms with van der Waals surface area (Å²) >= 11 is 5.59. The highest BCUT2D eigenvalue weighted by molar-refractivity contribution is 7.80. The van der Waals surface area contributed by atoms with Gasteiger partial charge in [-0.05, 0) is 62.7 Å². The van der Waals surface area contributed by atoms with E-state index in [4.69, 9.17) is 17.0 Å². The molecule has 1 aliphatic carbocycles. The number of carbonyl (C=O) groups is 1. The van der Waals surface area contributed by atoms with Gasteiger partial charge in [0.2, 0.25) is 0 Å². The van der Waals surface area contributed by atoms with Crippen LogP contribution in [0.5, 0.6) is 0 Å². The van der Waals surface area contributed by atoms with Crippen LogP contribution < -0.4 is 10.6 Å². The SMILES string of the molecule is CCOC(=O)c1cccc(NC(=S)NC2(c3ccc(C)cc3)CCCC2)c1. The molecule has 1 saturated carbocycles. The van der Waals surface area contributed by atoms with E-state index in [1.807, 2.05) is 12.1 Å². The van der Waals surface area contributed by atoms with Gasteiger partial charge in [0, 0.05) is 5.69 Å². The van der Waals surface area contributed by atoms with Crippen LogP contribution in [0.1, 0.15) is 54.1 Å². The van der Waals surface area contributed by atoms with Crippen molar-refractivity contribution < 1.29 is 9.53 Å². The average molecular weight is 383 g/mol. The quantitative estimate of drug-likeness (QED) is 0.567. The smallest absolute Gasteiger partial charge is 0.338 e. The molecule has 2 N–H and O–H groups in total. The minimum atomic E-state index is -0.327. The fourth-order valence-electron chi connectivity index (χ4n) is 3.66. The molecule has 1 aliphatic rings. The number of nitrogens with one attached hydrogen (secondary N) is 2. The van der Waals surface area contributed by atoms with E-state index < -0.39 is 0 Å². The number of hydrogen-bond donors (Lipinski definition) is 2. The highest BCUT2D eigenvalue weighted by atomic mass is 32.1. The van der Waals surface area contributed by atoms with E-state index in [0.717, 1.165) is 18.5 Å². The van der Waals surface area contributed by atoms with Gasteiger partial charge in [0.05, 0.1) is 17.7 Å². The van der Waals surface area contributed by atoms with E-state index in [2.05, 4.69) is 41.8 Å². The van der Waals surface area contributed by atoms with Gasteiger partial charge in [-0.25, -0.2) is 4.79 Å². The number of hydrogen-bond acceptors (Lipinski definition) is 3. The maximum absolute atomic E-state index is 11.9. The van der Waals surface area contributed by atoms with Crippen LogP contribution >= 0.6 is 12.2 Å². The lowest BCUT2D eigenvalue weighted by Gasteiger charge is -2.32. The first-order valence-corrected chi connectivity index (χ1v) is 9.87. The van der Waals surface area contributed by atoms with Gasteiger partial charge in [-0.3, -0.25) is 0 Å². The topological polar surface area (TPSA) is 50.4 Å². The summed E-state index contributed by atoms with van der Waals surface area (Å²) in [6, 6.07) is 15.9. The third kappa shape index (κ3) is 4.66. The molecule has 0 unspecified atom stereocenters. The van der Waals surface area contributed by atoms with Crippen molar-refractivity contribution in [1.29, 1.82) is 0 Å². The Morgan fingerprint density at radius 3 is 2.52 bits per heavy atom. The second-order valence-corrected chi connectivity index (χ2v) is 7.44. The molecule has 4 nitrogen and oxygen atoms in total. The second-order valence-electron chi connectivity index (χ2n) is 7.04. The van der Waals surface area contributed by atoms with Crippen LogP contribution in [-0.2, 0) is 10.3 Å². The van der Waals surface area contributed by atoms with Crippen LogP contribution in [0.25, 0.3) is 0 Å². The summed E-state index contributed by atoms with van der Waals surface area (Å²) in [4.78, 5) is 11.9. The molecule has 0 aliphatic heterocycles. The van der Waals surface area contributed by atoms with E-state index in [9.17, 15) is 4.79 Å².